The second-order valence-corrected chi connectivity index (χ2v) is 7.35. The Bertz CT molecular complexity index is 529. The smallest absolute Gasteiger partial charge is 0.244 e. The highest BCUT2D eigenvalue weighted by Gasteiger charge is 2.50. The van der Waals surface area contributed by atoms with Crippen LogP contribution < -0.4 is 5.14 Å². The van der Waals surface area contributed by atoms with Gasteiger partial charge in [-0.2, -0.15) is 13.2 Å². The second-order valence-electron chi connectivity index (χ2n) is 4.84. The quantitative estimate of drug-likeness (QED) is 0.911. The predicted octanol–water partition coefficient (Wildman–Crippen LogP) is 2.33. The molecule has 4 nitrogen and oxygen atoms in total. The Morgan fingerprint density at radius 3 is 2.11 bits per heavy atom. The Morgan fingerprint density at radius 2 is 1.83 bits per heavy atom. The number of hydrogen-bond acceptors (Lipinski definition) is 4. The van der Waals surface area contributed by atoms with Gasteiger partial charge in [-0.05, 0) is 0 Å². The van der Waals surface area contributed by atoms with E-state index in [0.717, 1.165) is 16.7 Å². The van der Waals surface area contributed by atoms with Crippen LogP contribution in [0.15, 0.2) is 5.38 Å². The van der Waals surface area contributed by atoms with Crippen LogP contribution in [-0.4, -0.2) is 19.6 Å². The SMILES string of the molecule is CC(C)(C)c1nc(C(C(F)(F)F)S(N)(=O)=O)cs1. The number of halogens is 3. The van der Waals surface area contributed by atoms with Crippen LogP contribution in [0.5, 0.6) is 0 Å². The van der Waals surface area contributed by atoms with Gasteiger partial charge in [0, 0.05) is 10.8 Å². The van der Waals surface area contributed by atoms with Gasteiger partial charge in [0.2, 0.25) is 15.3 Å². The number of thiazole rings is 1. The van der Waals surface area contributed by atoms with Gasteiger partial charge in [-0.3, -0.25) is 0 Å². The number of hydrogen-bond donors (Lipinski definition) is 1. The van der Waals surface area contributed by atoms with E-state index in [0.29, 0.717) is 5.01 Å². The first-order valence-corrected chi connectivity index (χ1v) is 7.36. The monoisotopic (exact) mass is 302 g/mol. The van der Waals surface area contributed by atoms with E-state index in [2.05, 4.69) is 10.1 Å². The van der Waals surface area contributed by atoms with E-state index >= 15 is 0 Å². The first-order valence-electron chi connectivity index (χ1n) is 4.87. The Balaban J connectivity index is 3.30. The molecular formula is C9H13F3N2O2S2. The van der Waals surface area contributed by atoms with Crippen molar-refractivity contribution in [3.63, 3.8) is 0 Å². The largest absolute Gasteiger partial charge is 0.412 e. The van der Waals surface area contributed by atoms with Crippen LogP contribution in [-0.2, 0) is 15.4 Å². The number of nitrogens with two attached hydrogens (primary N) is 1. The molecule has 1 aromatic heterocycles. The fourth-order valence-corrected chi connectivity index (χ4v) is 3.12. The van der Waals surface area contributed by atoms with Crippen molar-refractivity contribution in [2.24, 2.45) is 5.14 Å². The predicted molar refractivity (Wildman–Crippen MR) is 62.7 cm³/mol. The van der Waals surface area contributed by atoms with Crippen LogP contribution in [0, 0.1) is 0 Å². The van der Waals surface area contributed by atoms with Crippen LogP contribution in [0.1, 0.15) is 36.7 Å². The summed E-state index contributed by atoms with van der Waals surface area (Å²) in [5.74, 6) is 0. The molecule has 18 heavy (non-hydrogen) atoms. The van der Waals surface area contributed by atoms with Crippen molar-refractivity contribution in [2.45, 2.75) is 37.6 Å². The Morgan fingerprint density at radius 1 is 1.33 bits per heavy atom. The van der Waals surface area contributed by atoms with Crippen LogP contribution >= 0.6 is 11.3 Å². The highest BCUT2D eigenvalue weighted by Crippen LogP contribution is 2.39. The summed E-state index contributed by atoms with van der Waals surface area (Å²) >= 11 is 0.986. The highest BCUT2D eigenvalue weighted by atomic mass is 32.2. The summed E-state index contributed by atoms with van der Waals surface area (Å²) in [5.41, 5.74) is -1.02. The molecule has 2 N–H and O–H groups in total. The third-order valence-corrected chi connectivity index (χ3v) is 4.51. The molecule has 1 heterocycles. The molecule has 0 aliphatic rings. The summed E-state index contributed by atoms with van der Waals surface area (Å²) in [5, 5.41) is 3.38. The molecule has 0 aliphatic heterocycles. The molecule has 1 atom stereocenters. The van der Waals surface area contributed by atoms with Gasteiger partial charge in [-0.15, -0.1) is 11.3 Å². The van der Waals surface area contributed by atoms with Crippen molar-refractivity contribution in [3.8, 4) is 0 Å². The zero-order chi connectivity index (χ0) is 14.4. The van der Waals surface area contributed by atoms with E-state index < -0.39 is 32.6 Å². The highest BCUT2D eigenvalue weighted by molar-refractivity contribution is 7.89. The lowest BCUT2D eigenvalue weighted by molar-refractivity contribution is -0.132. The molecule has 0 amide bonds. The number of aromatic nitrogens is 1. The number of nitrogens with zero attached hydrogens (tertiary/aromatic N) is 1. The minimum Gasteiger partial charge on any atom is -0.244 e. The lowest BCUT2D eigenvalue weighted by Gasteiger charge is -2.17. The summed E-state index contributed by atoms with van der Waals surface area (Å²) in [6, 6.07) is 0. The summed E-state index contributed by atoms with van der Waals surface area (Å²) in [4.78, 5) is 3.75. The van der Waals surface area contributed by atoms with E-state index in [9.17, 15) is 21.6 Å². The molecule has 0 saturated carbocycles. The normalized spacial score (nSPS) is 15.7. The number of alkyl halides is 3. The fraction of sp³-hybridized carbons (Fsp3) is 0.667. The number of sulfonamides is 1. The molecule has 0 spiro atoms. The average molecular weight is 302 g/mol. The fourth-order valence-electron chi connectivity index (χ4n) is 1.27. The summed E-state index contributed by atoms with van der Waals surface area (Å²) in [7, 11) is -4.79. The summed E-state index contributed by atoms with van der Waals surface area (Å²) in [6.45, 7) is 5.32. The number of primary sulfonamides is 1. The molecule has 0 aliphatic carbocycles. The Kier molecular flexibility index (Phi) is 3.81. The molecule has 0 saturated heterocycles. The lowest BCUT2D eigenvalue weighted by Crippen LogP contribution is -2.33. The van der Waals surface area contributed by atoms with Gasteiger partial charge in [0.25, 0.3) is 0 Å². The van der Waals surface area contributed by atoms with Crippen LogP contribution in [0.2, 0.25) is 0 Å². The molecule has 1 aromatic rings. The molecule has 0 bridgehead atoms. The average Bonchev–Trinajstić information content (AvgIpc) is 2.45. The van der Waals surface area contributed by atoms with Crippen molar-refractivity contribution in [2.75, 3.05) is 0 Å². The Labute approximate surface area is 107 Å². The maximum absolute atomic E-state index is 12.7. The van der Waals surface area contributed by atoms with Gasteiger partial charge in [0.05, 0.1) is 10.7 Å². The first kappa shape index (κ1) is 15.4. The standard InChI is InChI=1S/C9H13F3N2O2S2/c1-8(2,3)7-14-5(4-17-7)6(9(10,11)12)18(13,15)16/h4,6H,1-3H3,(H2,13,15,16). The van der Waals surface area contributed by atoms with Gasteiger partial charge in [-0.1, -0.05) is 20.8 Å². The van der Waals surface area contributed by atoms with E-state index in [1.165, 1.54) is 0 Å². The van der Waals surface area contributed by atoms with Gasteiger partial charge in [0.1, 0.15) is 0 Å². The molecule has 104 valence electrons. The van der Waals surface area contributed by atoms with Crippen LogP contribution in [0.25, 0.3) is 0 Å². The third-order valence-electron chi connectivity index (χ3n) is 2.06. The van der Waals surface area contributed by atoms with Gasteiger partial charge < -0.3 is 0 Å². The molecule has 0 radical (unpaired) electrons. The molecule has 1 rings (SSSR count). The zero-order valence-electron chi connectivity index (χ0n) is 9.95. The van der Waals surface area contributed by atoms with E-state index in [4.69, 9.17) is 0 Å². The van der Waals surface area contributed by atoms with Gasteiger partial charge >= 0.3 is 6.18 Å². The van der Waals surface area contributed by atoms with Crippen molar-refractivity contribution >= 4 is 21.4 Å². The molecule has 9 heteroatoms. The van der Waals surface area contributed by atoms with Gasteiger partial charge in [0.15, 0.2) is 0 Å². The summed E-state index contributed by atoms with van der Waals surface area (Å²) < 4.78 is 60.3. The van der Waals surface area contributed by atoms with Crippen molar-refractivity contribution in [3.05, 3.63) is 16.1 Å². The lowest BCUT2D eigenvalue weighted by atomic mass is 9.98. The minimum absolute atomic E-state index is 0.426. The van der Waals surface area contributed by atoms with Crippen molar-refractivity contribution in [1.82, 2.24) is 4.98 Å². The molecule has 1 unspecified atom stereocenters. The van der Waals surface area contributed by atoms with E-state index in [1.807, 2.05) is 0 Å². The summed E-state index contributed by atoms with van der Waals surface area (Å²) in [6.07, 6.45) is -4.98. The van der Waals surface area contributed by atoms with Crippen molar-refractivity contribution < 1.29 is 21.6 Å². The van der Waals surface area contributed by atoms with Crippen LogP contribution in [0.4, 0.5) is 13.2 Å². The second kappa shape index (κ2) is 4.46. The molecule has 0 fully saturated rings. The van der Waals surface area contributed by atoms with E-state index in [1.54, 1.807) is 20.8 Å². The Hall–Kier alpha value is -0.670. The topological polar surface area (TPSA) is 73.0 Å². The van der Waals surface area contributed by atoms with Crippen molar-refractivity contribution in [1.29, 1.82) is 0 Å². The number of rotatable bonds is 2. The van der Waals surface area contributed by atoms with E-state index in [-0.39, 0.29) is 0 Å². The maximum atomic E-state index is 12.7. The molecular weight excluding hydrogens is 289 g/mol. The third kappa shape index (κ3) is 3.42. The molecule has 0 aromatic carbocycles. The minimum atomic E-state index is -4.98. The first-order chi connectivity index (χ1) is 7.83. The maximum Gasteiger partial charge on any atom is 0.412 e. The van der Waals surface area contributed by atoms with Crippen LogP contribution in [0.3, 0.4) is 0 Å². The zero-order valence-corrected chi connectivity index (χ0v) is 11.6. The van der Waals surface area contributed by atoms with Gasteiger partial charge in [-0.25, -0.2) is 18.5 Å².